The first-order valence-corrected chi connectivity index (χ1v) is 9.01. The lowest BCUT2D eigenvalue weighted by Gasteiger charge is -2.17. The fraction of sp³-hybridized carbons (Fsp3) is 0.286. The number of benzene rings is 1. The van der Waals surface area contributed by atoms with Crippen molar-refractivity contribution in [2.75, 3.05) is 14.2 Å². The molecule has 1 aromatic heterocycles. The van der Waals surface area contributed by atoms with Crippen molar-refractivity contribution in [1.29, 1.82) is 0 Å². The third-order valence-corrected chi connectivity index (χ3v) is 6.82. The van der Waals surface area contributed by atoms with Crippen LogP contribution in [0.4, 0.5) is 0 Å². The molecule has 7 heteroatoms. The van der Waals surface area contributed by atoms with Crippen molar-refractivity contribution in [1.82, 2.24) is 4.31 Å². The molecule has 0 N–H and O–H groups in total. The van der Waals surface area contributed by atoms with E-state index in [9.17, 15) is 8.42 Å². The Bertz CT molecular complexity index is 713. The Morgan fingerprint density at radius 2 is 1.95 bits per heavy atom. The largest absolute Gasteiger partial charge is 0.496 e. The first kappa shape index (κ1) is 16.3. The average Bonchev–Trinajstić information content (AvgIpc) is 2.97. The lowest BCUT2D eigenvalue weighted by atomic mass is 10.2. The van der Waals surface area contributed by atoms with Crippen molar-refractivity contribution >= 4 is 33.0 Å². The molecule has 4 nitrogen and oxygen atoms in total. The van der Waals surface area contributed by atoms with E-state index in [0.717, 1.165) is 10.4 Å². The highest BCUT2D eigenvalue weighted by Crippen LogP contribution is 2.27. The van der Waals surface area contributed by atoms with Crippen LogP contribution in [-0.2, 0) is 22.4 Å². The molecule has 0 bridgehead atoms. The van der Waals surface area contributed by atoms with E-state index in [1.165, 1.54) is 15.6 Å². The lowest BCUT2D eigenvalue weighted by Crippen LogP contribution is -2.26. The van der Waals surface area contributed by atoms with Gasteiger partial charge in [-0.3, -0.25) is 0 Å². The average molecular weight is 346 g/mol. The van der Waals surface area contributed by atoms with Gasteiger partial charge in [-0.05, 0) is 18.2 Å². The van der Waals surface area contributed by atoms with Crippen LogP contribution in [-0.4, -0.2) is 26.9 Å². The van der Waals surface area contributed by atoms with Crippen LogP contribution in [0, 0.1) is 0 Å². The minimum Gasteiger partial charge on any atom is -0.496 e. The van der Waals surface area contributed by atoms with E-state index in [1.807, 2.05) is 24.3 Å². The molecule has 0 atom stereocenters. The van der Waals surface area contributed by atoms with Crippen LogP contribution in [0.5, 0.6) is 5.75 Å². The van der Waals surface area contributed by atoms with Crippen molar-refractivity contribution < 1.29 is 13.2 Å². The number of rotatable bonds is 6. The molecule has 0 aliphatic rings. The minimum atomic E-state index is -3.51. The van der Waals surface area contributed by atoms with Crippen LogP contribution in [0.3, 0.4) is 0 Å². The quantitative estimate of drug-likeness (QED) is 0.754. The van der Waals surface area contributed by atoms with Crippen molar-refractivity contribution in [3.63, 3.8) is 0 Å². The predicted molar refractivity (Wildman–Crippen MR) is 85.5 cm³/mol. The molecule has 0 amide bonds. The van der Waals surface area contributed by atoms with Crippen LogP contribution in [0.2, 0.25) is 0 Å². The van der Waals surface area contributed by atoms with Crippen molar-refractivity contribution in [3.8, 4) is 5.75 Å². The molecule has 2 rings (SSSR count). The van der Waals surface area contributed by atoms with E-state index in [-0.39, 0.29) is 6.54 Å². The lowest BCUT2D eigenvalue weighted by molar-refractivity contribution is 0.398. The van der Waals surface area contributed by atoms with E-state index >= 15 is 0 Å². The van der Waals surface area contributed by atoms with E-state index in [0.29, 0.717) is 15.8 Å². The van der Waals surface area contributed by atoms with Gasteiger partial charge < -0.3 is 4.74 Å². The monoisotopic (exact) mass is 345 g/mol. The second-order valence-corrected chi connectivity index (χ2v) is 8.13. The first-order chi connectivity index (χ1) is 9.98. The van der Waals surface area contributed by atoms with Gasteiger partial charge in [0.25, 0.3) is 10.0 Å². The van der Waals surface area contributed by atoms with Crippen LogP contribution >= 0.6 is 22.9 Å². The van der Waals surface area contributed by atoms with Crippen LogP contribution in [0.25, 0.3) is 0 Å². The molecular weight excluding hydrogens is 330 g/mol. The molecule has 0 saturated heterocycles. The number of sulfonamides is 1. The van der Waals surface area contributed by atoms with Crippen molar-refractivity contribution in [3.05, 3.63) is 46.8 Å². The highest BCUT2D eigenvalue weighted by molar-refractivity contribution is 7.91. The number of nitrogens with zero attached hydrogens (tertiary/aromatic N) is 1. The van der Waals surface area contributed by atoms with Gasteiger partial charge in [0.15, 0.2) is 0 Å². The molecule has 0 aliphatic carbocycles. The fourth-order valence-corrected chi connectivity index (χ4v) is 4.70. The molecule has 2 aromatic rings. The number of hydrogen-bond donors (Lipinski definition) is 0. The predicted octanol–water partition coefficient (Wildman–Crippen LogP) is 3.32. The van der Waals surface area contributed by atoms with Gasteiger partial charge >= 0.3 is 0 Å². The summed E-state index contributed by atoms with van der Waals surface area (Å²) in [6.07, 6.45) is 0. The molecule has 0 aliphatic heterocycles. The highest BCUT2D eigenvalue weighted by atomic mass is 35.5. The minimum absolute atomic E-state index is 0.250. The Morgan fingerprint density at radius 3 is 2.57 bits per heavy atom. The molecular formula is C14H16ClNO3S2. The summed E-state index contributed by atoms with van der Waals surface area (Å²) in [5.74, 6) is 0.989. The number of alkyl halides is 1. The number of halogens is 1. The molecule has 0 unspecified atom stereocenters. The van der Waals surface area contributed by atoms with Crippen LogP contribution < -0.4 is 4.74 Å². The van der Waals surface area contributed by atoms with Gasteiger partial charge in [-0.15, -0.1) is 22.9 Å². The summed E-state index contributed by atoms with van der Waals surface area (Å²) in [4.78, 5) is 0.834. The number of para-hydroxylation sites is 1. The third-order valence-electron chi connectivity index (χ3n) is 3.02. The second-order valence-electron chi connectivity index (χ2n) is 4.43. The Hall–Kier alpha value is -1.08. The van der Waals surface area contributed by atoms with Gasteiger partial charge in [-0.1, -0.05) is 18.2 Å². The Morgan fingerprint density at radius 1 is 1.24 bits per heavy atom. The standard InChI is InChI=1S/C14H16ClNO3S2/c1-16(10-11-5-3-4-6-13(11)19-2)21(17,18)14-8-7-12(9-15)20-14/h3-8H,9-10H2,1-2H3. The molecule has 1 aromatic carbocycles. The third kappa shape index (κ3) is 3.58. The van der Waals surface area contributed by atoms with E-state index in [1.54, 1.807) is 26.3 Å². The Balaban J connectivity index is 2.24. The number of hydrogen-bond acceptors (Lipinski definition) is 4. The van der Waals surface area contributed by atoms with Gasteiger partial charge in [0.1, 0.15) is 9.96 Å². The maximum Gasteiger partial charge on any atom is 0.252 e. The molecule has 0 saturated carbocycles. The molecule has 114 valence electrons. The SMILES string of the molecule is COc1ccccc1CN(C)S(=O)(=O)c1ccc(CCl)s1. The highest BCUT2D eigenvalue weighted by Gasteiger charge is 2.23. The number of thiophene rings is 1. The van der Waals surface area contributed by atoms with Crippen molar-refractivity contribution in [2.45, 2.75) is 16.6 Å². The summed E-state index contributed by atoms with van der Waals surface area (Å²) < 4.78 is 31.9. The van der Waals surface area contributed by atoms with Gasteiger partial charge in [-0.25, -0.2) is 8.42 Å². The molecule has 0 spiro atoms. The van der Waals surface area contributed by atoms with Crippen molar-refractivity contribution in [2.24, 2.45) is 0 Å². The summed E-state index contributed by atoms with van der Waals surface area (Å²) >= 11 is 6.92. The van der Waals surface area contributed by atoms with Gasteiger partial charge in [0, 0.05) is 24.0 Å². The smallest absolute Gasteiger partial charge is 0.252 e. The van der Waals surface area contributed by atoms with Crippen LogP contribution in [0.15, 0.2) is 40.6 Å². The zero-order valence-electron chi connectivity index (χ0n) is 11.7. The fourth-order valence-electron chi connectivity index (χ4n) is 1.88. The zero-order chi connectivity index (χ0) is 15.5. The summed E-state index contributed by atoms with van der Waals surface area (Å²) in [6.45, 7) is 0.250. The van der Waals surface area contributed by atoms with Gasteiger partial charge in [0.2, 0.25) is 0 Å². The molecule has 21 heavy (non-hydrogen) atoms. The summed E-state index contributed by atoms with van der Waals surface area (Å²) in [6, 6.07) is 10.7. The maximum absolute atomic E-state index is 12.5. The topological polar surface area (TPSA) is 46.6 Å². The first-order valence-electron chi connectivity index (χ1n) is 6.22. The summed E-state index contributed by atoms with van der Waals surface area (Å²) in [5, 5.41) is 0. The second kappa shape index (κ2) is 6.79. The molecule has 0 radical (unpaired) electrons. The summed E-state index contributed by atoms with van der Waals surface area (Å²) in [5.41, 5.74) is 0.820. The van der Waals surface area contributed by atoms with Crippen LogP contribution in [0.1, 0.15) is 10.4 Å². The molecule has 0 fully saturated rings. The number of methoxy groups -OCH3 is 1. The van der Waals surface area contributed by atoms with E-state index < -0.39 is 10.0 Å². The Kier molecular flexibility index (Phi) is 5.27. The van der Waals surface area contributed by atoms with Gasteiger partial charge in [-0.2, -0.15) is 4.31 Å². The molecule has 1 heterocycles. The summed E-state index contributed by atoms with van der Waals surface area (Å²) in [7, 11) is -0.388. The number of ether oxygens (including phenoxy) is 1. The Labute approximate surface area is 134 Å². The van der Waals surface area contributed by atoms with E-state index in [2.05, 4.69) is 0 Å². The van der Waals surface area contributed by atoms with Gasteiger partial charge in [0.05, 0.1) is 13.0 Å². The maximum atomic E-state index is 12.5. The zero-order valence-corrected chi connectivity index (χ0v) is 14.1. The normalized spacial score (nSPS) is 11.8. The van der Waals surface area contributed by atoms with E-state index in [4.69, 9.17) is 16.3 Å².